The smallest absolute Gasteiger partial charge is 0.0874 e. The van der Waals surface area contributed by atoms with E-state index in [1.807, 2.05) is 54.6 Å². The van der Waals surface area contributed by atoms with E-state index in [-0.39, 0.29) is 0 Å². The second-order valence-electron chi connectivity index (χ2n) is 2.26. The Hall–Kier alpha value is -1.01. The van der Waals surface area contributed by atoms with Crippen LogP contribution in [0.5, 0.6) is 0 Å². The van der Waals surface area contributed by atoms with E-state index in [0.717, 1.165) is 0 Å². The third-order valence-corrected chi connectivity index (χ3v) is 2.43. The third-order valence-electron chi connectivity index (χ3n) is 1.34. The predicted molar refractivity (Wildman–Crippen MR) is 55.0 cm³/mol. The molecule has 0 aliphatic heterocycles. The maximum atomic E-state index is 3.73. The predicted octanol–water partition coefficient (Wildman–Crippen LogP) is 2.82. The fourth-order valence-electron chi connectivity index (χ4n) is 0.830. The molecule has 1 atom stereocenters. The molecule has 0 aliphatic carbocycles. The highest BCUT2D eigenvalue weighted by atomic mass is 31.1. The monoisotopic (exact) mass is 180 g/mol. The number of hydrogen-bond acceptors (Lipinski definition) is 1. The van der Waals surface area contributed by atoms with Crippen LogP contribution in [0, 0.1) is 0 Å². The van der Waals surface area contributed by atoms with E-state index in [1.54, 1.807) is 0 Å². The highest BCUT2D eigenvalue weighted by Crippen LogP contribution is 2.20. The molecule has 1 aromatic heterocycles. The first-order valence-electron chi connectivity index (χ1n) is 3.80. The van der Waals surface area contributed by atoms with Crippen molar-refractivity contribution in [1.29, 1.82) is 0 Å². The topological polar surface area (TPSA) is 8.17 Å². The minimum Gasteiger partial charge on any atom is -0.319 e. The van der Waals surface area contributed by atoms with E-state index >= 15 is 0 Å². The van der Waals surface area contributed by atoms with Gasteiger partial charge < -0.3 is 9.01 Å². The van der Waals surface area contributed by atoms with Gasteiger partial charge in [0.15, 0.2) is 0 Å². The van der Waals surface area contributed by atoms with Crippen molar-refractivity contribution in [3.8, 4) is 0 Å². The summed E-state index contributed by atoms with van der Waals surface area (Å²) < 4.78 is 4.15. The van der Waals surface area contributed by atoms with E-state index in [1.165, 1.54) is 0 Å². The second-order valence-corrected chi connectivity index (χ2v) is 3.50. The Morgan fingerprint density at radius 1 is 1.42 bits per heavy atom. The van der Waals surface area contributed by atoms with Gasteiger partial charge in [-0.05, 0) is 19.1 Å². The van der Waals surface area contributed by atoms with Crippen LogP contribution in [-0.2, 0) is 0 Å². The van der Waals surface area contributed by atoms with Crippen LogP contribution in [0.4, 0.5) is 0 Å². The van der Waals surface area contributed by atoms with Crippen molar-refractivity contribution in [3.05, 3.63) is 49.6 Å². The first-order chi connectivity index (χ1) is 5.86. The quantitative estimate of drug-likeness (QED) is 0.647. The molecule has 1 heterocycles. The molecule has 0 aromatic carbocycles. The number of allylic oxidation sites excluding steroid dienone is 1. The fraction of sp³-hybridized carbons (Fsp3) is 0.111. The lowest BCUT2D eigenvalue weighted by Gasteiger charge is -2.14. The molecule has 1 unspecified atom stereocenters. The van der Waals surface area contributed by atoms with Crippen LogP contribution in [0.15, 0.2) is 49.6 Å². The molecule has 0 fully saturated rings. The van der Waals surface area contributed by atoms with Crippen molar-refractivity contribution in [2.45, 2.75) is 6.92 Å². The van der Waals surface area contributed by atoms with Gasteiger partial charge in [0, 0.05) is 24.8 Å². The maximum Gasteiger partial charge on any atom is 0.0874 e. The molecule has 1 aromatic rings. The van der Waals surface area contributed by atoms with Gasteiger partial charge in [0.25, 0.3) is 0 Å². The van der Waals surface area contributed by atoms with Crippen molar-refractivity contribution in [3.63, 3.8) is 0 Å². The minimum atomic E-state index is 0.572. The summed E-state index contributed by atoms with van der Waals surface area (Å²) in [6.45, 7) is 5.73. The van der Waals surface area contributed by atoms with Gasteiger partial charge >= 0.3 is 0 Å². The average Bonchev–Trinajstić information content (AvgIpc) is 2.56. The molecule has 0 radical (unpaired) electrons. The average molecular weight is 180 g/mol. The summed E-state index contributed by atoms with van der Waals surface area (Å²) in [5.41, 5.74) is 0. The number of rotatable bonds is 4. The van der Waals surface area contributed by atoms with Gasteiger partial charge in [0.2, 0.25) is 0 Å². The summed E-state index contributed by atoms with van der Waals surface area (Å²) in [6.07, 6.45) is 9.90. The first kappa shape index (κ1) is 9.08. The molecule has 0 saturated carbocycles. The van der Waals surface area contributed by atoms with Crippen LogP contribution in [0.25, 0.3) is 0 Å². The standard InChI is InChI=1S/C9H13N2P/c1-3-7-10(4-2)12-11-8-5-6-9-11/h3-9,12H,2H2,1H3/b7-3-. The Kier molecular flexibility index (Phi) is 3.62. The van der Waals surface area contributed by atoms with Gasteiger partial charge in [-0.1, -0.05) is 12.7 Å². The van der Waals surface area contributed by atoms with Crippen molar-refractivity contribution in [2.75, 3.05) is 0 Å². The molecular weight excluding hydrogens is 167 g/mol. The molecule has 64 valence electrons. The summed E-state index contributed by atoms with van der Waals surface area (Å²) in [7, 11) is 0.572. The van der Waals surface area contributed by atoms with Crippen LogP contribution in [0.1, 0.15) is 6.92 Å². The normalized spacial score (nSPS) is 11.4. The lowest BCUT2D eigenvalue weighted by molar-refractivity contribution is 0.826. The van der Waals surface area contributed by atoms with Crippen molar-refractivity contribution < 1.29 is 0 Å². The van der Waals surface area contributed by atoms with Gasteiger partial charge in [-0.25, -0.2) is 0 Å². The van der Waals surface area contributed by atoms with E-state index in [0.29, 0.717) is 8.88 Å². The maximum absolute atomic E-state index is 3.73. The summed E-state index contributed by atoms with van der Waals surface area (Å²) >= 11 is 0. The van der Waals surface area contributed by atoms with E-state index in [4.69, 9.17) is 0 Å². The molecule has 1 rings (SSSR count). The Morgan fingerprint density at radius 3 is 2.58 bits per heavy atom. The third kappa shape index (κ3) is 2.55. The molecule has 0 aliphatic rings. The number of nitrogens with zero attached hydrogens (tertiary/aromatic N) is 2. The zero-order chi connectivity index (χ0) is 8.81. The van der Waals surface area contributed by atoms with Crippen LogP contribution in [-0.4, -0.2) is 9.01 Å². The van der Waals surface area contributed by atoms with Crippen molar-refractivity contribution in [2.24, 2.45) is 0 Å². The van der Waals surface area contributed by atoms with Crippen LogP contribution in [0.2, 0.25) is 0 Å². The molecule has 0 saturated heterocycles. The second kappa shape index (κ2) is 4.78. The molecule has 0 spiro atoms. The minimum absolute atomic E-state index is 0.572. The molecule has 0 amide bonds. The Bertz CT molecular complexity index is 252. The molecule has 2 nitrogen and oxygen atoms in total. The SMILES string of the molecule is C=CN(/C=C\C)Pn1cccc1. The largest absolute Gasteiger partial charge is 0.319 e. The summed E-state index contributed by atoms with van der Waals surface area (Å²) in [6, 6.07) is 4.04. The highest BCUT2D eigenvalue weighted by molar-refractivity contribution is 7.33. The highest BCUT2D eigenvalue weighted by Gasteiger charge is 1.92. The van der Waals surface area contributed by atoms with E-state index in [9.17, 15) is 0 Å². The molecule has 3 heteroatoms. The van der Waals surface area contributed by atoms with Crippen LogP contribution >= 0.6 is 8.88 Å². The first-order valence-corrected chi connectivity index (χ1v) is 4.69. The lowest BCUT2D eigenvalue weighted by Crippen LogP contribution is -1.97. The zero-order valence-corrected chi connectivity index (χ0v) is 8.14. The van der Waals surface area contributed by atoms with Gasteiger partial charge in [0.1, 0.15) is 0 Å². The lowest BCUT2D eigenvalue weighted by atomic mass is 10.7. The summed E-state index contributed by atoms with van der Waals surface area (Å²) in [4.78, 5) is 0. The van der Waals surface area contributed by atoms with Gasteiger partial charge in [0.05, 0.1) is 8.88 Å². The summed E-state index contributed by atoms with van der Waals surface area (Å²) in [5.74, 6) is 0. The number of hydrogen-bond donors (Lipinski definition) is 0. The Morgan fingerprint density at radius 2 is 2.08 bits per heavy atom. The summed E-state index contributed by atoms with van der Waals surface area (Å²) in [5, 5.41) is 0. The van der Waals surface area contributed by atoms with Gasteiger partial charge in [-0.3, -0.25) is 0 Å². The van der Waals surface area contributed by atoms with Crippen molar-refractivity contribution in [1.82, 2.24) is 9.01 Å². The molecule has 0 N–H and O–H groups in total. The van der Waals surface area contributed by atoms with Crippen LogP contribution in [0.3, 0.4) is 0 Å². The van der Waals surface area contributed by atoms with E-state index < -0.39 is 0 Å². The van der Waals surface area contributed by atoms with Crippen LogP contribution < -0.4 is 0 Å². The fourth-order valence-corrected chi connectivity index (χ4v) is 1.70. The molecular formula is C9H13N2P. The molecule has 0 bridgehead atoms. The Labute approximate surface area is 75.1 Å². The molecule has 12 heavy (non-hydrogen) atoms. The zero-order valence-electron chi connectivity index (χ0n) is 7.14. The Balaban J connectivity index is 2.54. The van der Waals surface area contributed by atoms with Gasteiger partial charge in [-0.15, -0.1) is 0 Å². The van der Waals surface area contributed by atoms with Crippen molar-refractivity contribution >= 4 is 8.88 Å². The van der Waals surface area contributed by atoms with Gasteiger partial charge in [-0.2, -0.15) is 0 Å². The number of aromatic nitrogens is 1. The van der Waals surface area contributed by atoms with E-state index in [2.05, 4.69) is 10.9 Å².